The predicted molar refractivity (Wildman–Crippen MR) is 110 cm³/mol. The van der Waals surface area contributed by atoms with E-state index in [1.54, 1.807) is 0 Å². The molecule has 1 aromatic carbocycles. The van der Waals surface area contributed by atoms with Crippen LogP contribution in [0.3, 0.4) is 0 Å². The molecule has 1 amide bonds. The normalized spacial score (nSPS) is 14.2. The molecule has 1 aliphatic rings. The summed E-state index contributed by atoms with van der Waals surface area (Å²) in [6.07, 6.45) is 1.22. The summed E-state index contributed by atoms with van der Waals surface area (Å²) >= 11 is 0. The van der Waals surface area contributed by atoms with Crippen molar-refractivity contribution in [3.63, 3.8) is 0 Å². The molecule has 150 valence electrons. The van der Waals surface area contributed by atoms with E-state index in [1.165, 1.54) is 0 Å². The van der Waals surface area contributed by atoms with Crippen molar-refractivity contribution in [1.82, 2.24) is 30.0 Å². The predicted octanol–water partition coefficient (Wildman–Crippen LogP) is 1.90. The van der Waals surface area contributed by atoms with Gasteiger partial charge in [-0.2, -0.15) is 0 Å². The standard InChI is InChI=1S/C22H26N6O/c1-17-6-5-9-19(24-17)16-27-11-10-20-25-26-21(28(20)13-12-27)15-23-22(29)14-18-7-3-2-4-8-18/h2-9H,10-16H2,1H3,(H,23,29). The average molecular weight is 390 g/mol. The first kappa shape index (κ1) is 19.3. The van der Waals surface area contributed by atoms with Crippen LogP contribution in [0.15, 0.2) is 48.5 Å². The van der Waals surface area contributed by atoms with Crippen LogP contribution in [0.2, 0.25) is 0 Å². The number of hydrogen-bond acceptors (Lipinski definition) is 5. The molecule has 7 heteroatoms. The highest BCUT2D eigenvalue weighted by molar-refractivity contribution is 5.78. The summed E-state index contributed by atoms with van der Waals surface area (Å²) in [4.78, 5) is 19.3. The zero-order valence-electron chi connectivity index (χ0n) is 16.7. The fourth-order valence-corrected chi connectivity index (χ4v) is 3.65. The summed E-state index contributed by atoms with van der Waals surface area (Å²) in [7, 11) is 0. The number of rotatable bonds is 6. The Labute approximate surface area is 170 Å². The number of benzene rings is 1. The summed E-state index contributed by atoms with van der Waals surface area (Å²) in [5.41, 5.74) is 3.14. The minimum atomic E-state index is -0.00526. The molecular weight excluding hydrogens is 364 g/mol. The first-order chi connectivity index (χ1) is 14.2. The highest BCUT2D eigenvalue weighted by atomic mass is 16.1. The van der Waals surface area contributed by atoms with Gasteiger partial charge in [0, 0.05) is 38.3 Å². The molecule has 1 N–H and O–H groups in total. The Balaban J connectivity index is 1.33. The van der Waals surface area contributed by atoms with Crippen molar-refractivity contribution in [2.75, 3.05) is 13.1 Å². The Kier molecular flexibility index (Phi) is 5.95. The monoisotopic (exact) mass is 390 g/mol. The number of pyridine rings is 1. The van der Waals surface area contributed by atoms with Crippen LogP contribution in [0.25, 0.3) is 0 Å². The topological polar surface area (TPSA) is 75.9 Å². The van der Waals surface area contributed by atoms with Gasteiger partial charge in [-0.25, -0.2) is 0 Å². The molecule has 0 saturated heterocycles. The molecule has 0 fully saturated rings. The molecule has 0 spiro atoms. The van der Waals surface area contributed by atoms with E-state index in [9.17, 15) is 4.79 Å². The van der Waals surface area contributed by atoms with E-state index < -0.39 is 0 Å². The number of hydrogen-bond donors (Lipinski definition) is 1. The number of nitrogens with one attached hydrogen (secondary N) is 1. The van der Waals surface area contributed by atoms with E-state index in [2.05, 4.69) is 42.1 Å². The average Bonchev–Trinajstić information content (AvgIpc) is 3.00. The summed E-state index contributed by atoms with van der Waals surface area (Å²) in [6.45, 7) is 5.91. The summed E-state index contributed by atoms with van der Waals surface area (Å²) < 4.78 is 2.15. The first-order valence-corrected chi connectivity index (χ1v) is 10.0. The lowest BCUT2D eigenvalue weighted by atomic mass is 10.1. The zero-order chi connectivity index (χ0) is 20.1. The summed E-state index contributed by atoms with van der Waals surface area (Å²) in [6, 6.07) is 15.9. The molecule has 3 heterocycles. The van der Waals surface area contributed by atoms with Crippen molar-refractivity contribution in [1.29, 1.82) is 0 Å². The molecule has 7 nitrogen and oxygen atoms in total. The SMILES string of the molecule is Cc1cccc(CN2CCc3nnc(CNC(=O)Cc4ccccc4)n3CC2)n1. The molecule has 1 aliphatic heterocycles. The van der Waals surface area contributed by atoms with Gasteiger partial charge in [0.2, 0.25) is 5.91 Å². The van der Waals surface area contributed by atoms with Crippen molar-refractivity contribution < 1.29 is 4.79 Å². The second-order valence-electron chi connectivity index (χ2n) is 7.42. The van der Waals surface area contributed by atoms with Crippen molar-refractivity contribution in [2.45, 2.75) is 39.4 Å². The molecule has 3 aromatic rings. The van der Waals surface area contributed by atoms with E-state index in [0.717, 1.165) is 61.2 Å². The number of aromatic nitrogens is 4. The van der Waals surface area contributed by atoms with Crippen LogP contribution in [0.4, 0.5) is 0 Å². The molecule has 29 heavy (non-hydrogen) atoms. The Morgan fingerprint density at radius 2 is 1.90 bits per heavy atom. The fourth-order valence-electron chi connectivity index (χ4n) is 3.65. The lowest BCUT2D eigenvalue weighted by molar-refractivity contribution is -0.120. The molecular formula is C22H26N6O. The van der Waals surface area contributed by atoms with Gasteiger partial charge in [-0.05, 0) is 24.6 Å². The molecule has 2 aromatic heterocycles. The van der Waals surface area contributed by atoms with Gasteiger partial charge in [0.15, 0.2) is 5.82 Å². The molecule has 0 radical (unpaired) electrons. The Morgan fingerprint density at radius 3 is 2.72 bits per heavy atom. The van der Waals surface area contributed by atoms with Crippen molar-refractivity contribution in [3.8, 4) is 0 Å². The quantitative estimate of drug-likeness (QED) is 0.696. The van der Waals surface area contributed by atoms with E-state index in [-0.39, 0.29) is 5.91 Å². The second-order valence-corrected chi connectivity index (χ2v) is 7.42. The van der Waals surface area contributed by atoms with Gasteiger partial charge in [-0.15, -0.1) is 10.2 Å². The van der Waals surface area contributed by atoms with E-state index >= 15 is 0 Å². The number of aryl methyl sites for hydroxylation is 1. The lowest BCUT2D eigenvalue weighted by Gasteiger charge is -2.19. The third kappa shape index (κ3) is 5.06. The van der Waals surface area contributed by atoms with Gasteiger partial charge in [-0.3, -0.25) is 14.7 Å². The van der Waals surface area contributed by atoms with E-state index in [1.807, 2.05) is 43.3 Å². The minimum absolute atomic E-state index is 0.00526. The molecule has 0 atom stereocenters. The van der Waals surface area contributed by atoms with Crippen LogP contribution in [-0.2, 0) is 37.3 Å². The van der Waals surface area contributed by atoms with Crippen LogP contribution >= 0.6 is 0 Å². The van der Waals surface area contributed by atoms with Gasteiger partial charge in [0.05, 0.1) is 18.7 Å². The van der Waals surface area contributed by atoms with Gasteiger partial charge in [0.1, 0.15) is 5.82 Å². The number of carbonyl (C=O) groups excluding carboxylic acids is 1. The Hall–Kier alpha value is -3.06. The maximum atomic E-state index is 12.2. The molecule has 4 rings (SSSR count). The Bertz CT molecular complexity index is 968. The minimum Gasteiger partial charge on any atom is -0.349 e. The maximum Gasteiger partial charge on any atom is 0.224 e. The van der Waals surface area contributed by atoms with Crippen LogP contribution in [-0.4, -0.2) is 43.6 Å². The number of fused-ring (bicyclic) bond motifs is 1. The summed E-state index contributed by atoms with van der Waals surface area (Å²) in [5, 5.41) is 11.6. The molecule has 0 unspecified atom stereocenters. The van der Waals surface area contributed by atoms with Crippen molar-refractivity contribution in [2.24, 2.45) is 0 Å². The largest absolute Gasteiger partial charge is 0.349 e. The Morgan fingerprint density at radius 1 is 1.03 bits per heavy atom. The van der Waals surface area contributed by atoms with Crippen LogP contribution in [0, 0.1) is 6.92 Å². The first-order valence-electron chi connectivity index (χ1n) is 10.0. The molecule has 0 aliphatic carbocycles. The van der Waals surface area contributed by atoms with Gasteiger partial charge in [0.25, 0.3) is 0 Å². The highest BCUT2D eigenvalue weighted by Crippen LogP contribution is 2.12. The number of amides is 1. The van der Waals surface area contributed by atoms with Gasteiger partial charge < -0.3 is 9.88 Å². The van der Waals surface area contributed by atoms with Crippen LogP contribution in [0.1, 0.15) is 28.6 Å². The number of carbonyl (C=O) groups is 1. The van der Waals surface area contributed by atoms with Gasteiger partial charge >= 0.3 is 0 Å². The lowest BCUT2D eigenvalue weighted by Crippen LogP contribution is -2.28. The maximum absolute atomic E-state index is 12.2. The fraction of sp³-hybridized carbons (Fsp3) is 0.364. The van der Waals surface area contributed by atoms with E-state index in [0.29, 0.717) is 13.0 Å². The smallest absolute Gasteiger partial charge is 0.224 e. The number of nitrogens with zero attached hydrogens (tertiary/aromatic N) is 5. The zero-order valence-corrected chi connectivity index (χ0v) is 16.7. The van der Waals surface area contributed by atoms with Gasteiger partial charge in [-0.1, -0.05) is 36.4 Å². The molecule has 0 saturated carbocycles. The van der Waals surface area contributed by atoms with Crippen LogP contribution in [0.5, 0.6) is 0 Å². The van der Waals surface area contributed by atoms with Crippen molar-refractivity contribution >= 4 is 5.91 Å². The summed E-state index contributed by atoms with van der Waals surface area (Å²) in [5.74, 6) is 1.79. The van der Waals surface area contributed by atoms with E-state index in [4.69, 9.17) is 0 Å². The highest BCUT2D eigenvalue weighted by Gasteiger charge is 2.19. The van der Waals surface area contributed by atoms with Crippen molar-refractivity contribution in [3.05, 3.63) is 77.1 Å². The van der Waals surface area contributed by atoms with Crippen LogP contribution < -0.4 is 5.32 Å². The second kappa shape index (κ2) is 8.96. The third-order valence-corrected chi connectivity index (χ3v) is 5.18. The third-order valence-electron chi connectivity index (χ3n) is 5.18. The molecule has 0 bridgehead atoms.